The van der Waals surface area contributed by atoms with Crippen LogP contribution in [0.1, 0.15) is 0 Å². The van der Waals surface area contributed by atoms with Crippen molar-refractivity contribution < 1.29 is 57.9 Å². The summed E-state index contributed by atoms with van der Waals surface area (Å²) in [4.78, 5) is 107. The van der Waals surface area contributed by atoms with Gasteiger partial charge < -0.3 is 42.7 Å². The molecule has 0 aromatic heterocycles. The fraction of sp³-hybridized carbons (Fsp3) is 0.533. The molecule has 20 heteroatoms. The molecule has 6 amide bonds. The Labute approximate surface area is 197 Å². The maximum atomic E-state index is 12.3. The number of carbonyl (C=O) groups excluding carboxylic acids is 6. The van der Waals surface area contributed by atoms with Crippen LogP contribution in [0.5, 0.6) is 0 Å². The number of hydrogen-bond donors (Lipinski definition) is 11. The molecule has 0 spiro atoms. The molecule has 198 valence electrons. The third-order valence-corrected chi connectivity index (χ3v) is 3.95. The fourth-order valence-electron chi connectivity index (χ4n) is 1.86. The summed E-state index contributed by atoms with van der Waals surface area (Å²) in [6, 6.07) is -1.67. The van der Waals surface area contributed by atoms with Crippen molar-refractivity contribution >= 4 is 49.6 Å². The first kappa shape index (κ1) is 31.5. The Kier molecular flexibility index (Phi) is 14.6. The van der Waals surface area contributed by atoms with Gasteiger partial charge in [-0.15, -0.1) is 0 Å². The van der Waals surface area contributed by atoms with Crippen LogP contribution in [-0.2, 0) is 38.1 Å². The van der Waals surface area contributed by atoms with Crippen LogP contribution in [0.2, 0.25) is 0 Å². The lowest BCUT2D eigenvalue weighted by atomic mass is 10.3. The first-order valence-electron chi connectivity index (χ1n) is 9.51. The molecule has 0 saturated carbocycles. The summed E-state index contributed by atoms with van der Waals surface area (Å²) >= 11 is 0. The summed E-state index contributed by atoms with van der Waals surface area (Å²) < 4.78 is 4.30. The Bertz CT molecular complexity index is 804. The van der Waals surface area contributed by atoms with Crippen LogP contribution >= 0.6 is 8.17 Å². The number of amides is 6. The maximum absolute atomic E-state index is 12.3. The molecule has 0 saturated heterocycles. The topological polar surface area (TPSA) is 308 Å². The number of carbonyl (C=O) groups is 7. The summed E-state index contributed by atoms with van der Waals surface area (Å²) in [5, 5.41) is 20.9. The maximum Gasteiger partial charge on any atom is 0.567 e. The van der Waals surface area contributed by atoms with E-state index in [0.717, 1.165) is 0 Å². The summed E-state index contributed by atoms with van der Waals surface area (Å²) in [7, 11) is -4.80. The average molecular weight is 528 g/mol. The second-order valence-electron chi connectivity index (χ2n) is 6.35. The van der Waals surface area contributed by atoms with E-state index in [2.05, 4.69) is 31.1 Å². The zero-order valence-corrected chi connectivity index (χ0v) is 19.0. The van der Waals surface area contributed by atoms with Gasteiger partial charge in [0.25, 0.3) is 0 Å². The second kappa shape index (κ2) is 16.2. The van der Waals surface area contributed by atoms with E-state index in [1.54, 1.807) is 0 Å². The van der Waals surface area contributed by atoms with E-state index in [1.165, 1.54) is 0 Å². The van der Waals surface area contributed by atoms with Gasteiger partial charge in [0.1, 0.15) is 19.2 Å². The molecule has 0 aliphatic heterocycles. The van der Waals surface area contributed by atoms with Crippen LogP contribution in [0.15, 0.2) is 0 Å². The van der Waals surface area contributed by atoms with Gasteiger partial charge in [0.2, 0.25) is 35.4 Å². The SMILES string of the molecule is NCC(=O)NCC(=O)NCC(=O)N[C@@H](CO[P+](O)(O)O)C(=O)NCC(=O)NCC(=O)NCC(=O)O. The molecule has 1 atom stereocenters. The number of rotatable bonds is 16. The summed E-state index contributed by atoms with van der Waals surface area (Å²) in [6.45, 7) is -4.44. The smallest absolute Gasteiger partial charge is 0.480 e. The van der Waals surface area contributed by atoms with Gasteiger partial charge in [0.15, 0.2) is 0 Å². The van der Waals surface area contributed by atoms with Gasteiger partial charge in [-0.3, -0.25) is 33.6 Å². The number of nitrogens with two attached hydrogens (primary N) is 1. The molecule has 0 aromatic carbocycles. The van der Waals surface area contributed by atoms with Crippen LogP contribution in [0.4, 0.5) is 0 Å². The van der Waals surface area contributed by atoms with Gasteiger partial charge in [-0.05, 0) is 0 Å². The minimum atomic E-state index is -4.80. The van der Waals surface area contributed by atoms with Crippen LogP contribution in [0, 0.1) is 0 Å². The normalized spacial score (nSPS) is 11.4. The molecule has 0 rings (SSSR count). The molecule has 0 aliphatic rings. The molecule has 0 unspecified atom stereocenters. The van der Waals surface area contributed by atoms with Gasteiger partial charge in [-0.2, -0.15) is 19.2 Å². The Balaban J connectivity index is 4.70. The fourth-order valence-corrected chi connectivity index (χ4v) is 2.21. The van der Waals surface area contributed by atoms with Crippen molar-refractivity contribution in [1.82, 2.24) is 31.9 Å². The molecule has 35 heavy (non-hydrogen) atoms. The molecular weight excluding hydrogens is 501 g/mol. The zero-order chi connectivity index (χ0) is 27.0. The molecule has 0 fully saturated rings. The number of aliphatic carboxylic acids is 1. The molecule has 19 nitrogen and oxygen atoms in total. The van der Waals surface area contributed by atoms with E-state index in [4.69, 9.17) is 25.5 Å². The third-order valence-electron chi connectivity index (χ3n) is 3.45. The van der Waals surface area contributed by atoms with Gasteiger partial charge in [-0.1, -0.05) is 0 Å². The van der Waals surface area contributed by atoms with Gasteiger partial charge >= 0.3 is 14.1 Å². The Morgan fingerprint density at radius 1 is 0.686 bits per heavy atom. The van der Waals surface area contributed by atoms with Crippen molar-refractivity contribution in [3.63, 3.8) is 0 Å². The first-order valence-corrected chi connectivity index (χ1v) is 11.1. The summed E-state index contributed by atoms with van der Waals surface area (Å²) in [6.07, 6.45) is 0. The van der Waals surface area contributed by atoms with Crippen LogP contribution < -0.4 is 37.6 Å². The molecule has 0 bridgehead atoms. The van der Waals surface area contributed by atoms with Crippen LogP contribution in [0.3, 0.4) is 0 Å². The monoisotopic (exact) mass is 528 g/mol. The first-order chi connectivity index (χ1) is 16.2. The second-order valence-corrected chi connectivity index (χ2v) is 7.64. The number of carboxylic acid groups (broad SMARTS) is 1. The Morgan fingerprint density at radius 2 is 1.11 bits per heavy atom. The van der Waals surface area contributed by atoms with Crippen molar-refractivity contribution in [1.29, 1.82) is 0 Å². The van der Waals surface area contributed by atoms with Crippen molar-refractivity contribution in [2.75, 3.05) is 45.9 Å². The number of hydrogen-bond acceptors (Lipinski definition) is 12. The van der Waals surface area contributed by atoms with E-state index >= 15 is 0 Å². The van der Waals surface area contributed by atoms with Crippen LogP contribution in [0.25, 0.3) is 0 Å². The molecule has 12 N–H and O–H groups in total. The Morgan fingerprint density at radius 3 is 1.57 bits per heavy atom. The Hall–Kier alpha value is -3.48. The highest BCUT2D eigenvalue weighted by atomic mass is 31.2. The van der Waals surface area contributed by atoms with Gasteiger partial charge in [0.05, 0.1) is 32.7 Å². The van der Waals surface area contributed by atoms with Crippen molar-refractivity contribution in [2.45, 2.75) is 6.04 Å². The standard InChI is InChI=1S/C15H26N7O12P/c16-1-9(23)17-2-10(24)19-5-13(27)22-8(7-34-35(31,32)33)15(30)21-4-12(26)18-3-11(25)20-6-14(28)29/h8,31-33H,1-7,16H2,(H6-,17,18,19,20,21,22,23,24,25,26,27,28,29,30)/p+1/t8-/m0/s1. The lowest BCUT2D eigenvalue weighted by Crippen LogP contribution is -2.53. The quantitative estimate of drug-likeness (QED) is 0.0831. The van der Waals surface area contributed by atoms with Gasteiger partial charge in [0, 0.05) is 0 Å². The van der Waals surface area contributed by atoms with E-state index in [0.29, 0.717) is 0 Å². The predicted octanol–water partition coefficient (Wildman–Crippen LogP) is -7.23. The van der Waals surface area contributed by atoms with Gasteiger partial charge in [-0.25, -0.2) is 0 Å². The van der Waals surface area contributed by atoms with Crippen molar-refractivity contribution in [3.05, 3.63) is 0 Å². The molecule has 0 aromatic rings. The molecule has 0 heterocycles. The minimum Gasteiger partial charge on any atom is -0.480 e. The van der Waals surface area contributed by atoms with E-state index in [-0.39, 0.29) is 6.54 Å². The third kappa shape index (κ3) is 17.6. The van der Waals surface area contributed by atoms with E-state index in [1.807, 2.05) is 5.32 Å². The van der Waals surface area contributed by atoms with Crippen molar-refractivity contribution in [2.24, 2.45) is 5.73 Å². The van der Waals surface area contributed by atoms with Crippen LogP contribution in [-0.4, -0.2) is 113 Å². The highest BCUT2D eigenvalue weighted by Gasteiger charge is 2.36. The lowest BCUT2D eigenvalue weighted by molar-refractivity contribution is -0.138. The van der Waals surface area contributed by atoms with E-state index < -0.39 is 95.0 Å². The highest BCUT2D eigenvalue weighted by molar-refractivity contribution is 7.53. The highest BCUT2D eigenvalue weighted by Crippen LogP contribution is 2.45. The number of carboxylic acids is 1. The van der Waals surface area contributed by atoms with E-state index in [9.17, 15) is 33.6 Å². The zero-order valence-electron chi connectivity index (χ0n) is 18.1. The molecule has 0 radical (unpaired) electrons. The molecular formula is C15H27N7O12P+. The average Bonchev–Trinajstić information content (AvgIpc) is 2.78. The summed E-state index contributed by atoms with van der Waals surface area (Å²) in [5.41, 5.74) is 5.05. The molecule has 0 aliphatic carbocycles. The number of nitrogens with one attached hydrogen (secondary N) is 6. The summed E-state index contributed by atoms with van der Waals surface area (Å²) in [5.74, 6) is -6.44. The predicted molar refractivity (Wildman–Crippen MR) is 113 cm³/mol. The minimum absolute atomic E-state index is 0.356. The van der Waals surface area contributed by atoms with Crippen molar-refractivity contribution in [3.8, 4) is 0 Å². The lowest BCUT2D eigenvalue weighted by Gasteiger charge is -2.18. The largest absolute Gasteiger partial charge is 0.567 e.